The summed E-state index contributed by atoms with van der Waals surface area (Å²) in [7, 11) is 0. The van der Waals surface area contributed by atoms with Crippen molar-refractivity contribution < 1.29 is 27.9 Å². The van der Waals surface area contributed by atoms with Crippen LogP contribution < -0.4 is 9.64 Å². The van der Waals surface area contributed by atoms with Gasteiger partial charge in [-0.1, -0.05) is 6.07 Å². The first-order valence-corrected chi connectivity index (χ1v) is 10.8. The smallest absolute Gasteiger partial charge is 0.414 e. The van der Waals surface area contributed by atoms with Crippen molar-refractivity contribution in [2.24, 2.45) is 17.8 Å². The SMILES string of the molecule is N#CC1[C@H]2COC[C@@H]12.O=C1OC(COc2ccon2)CN1c1ccc(-c2cccnc2)c(F)c1. The average molecular weight is 464 g/mol. The van der Waals surface area contributed by atoms with E-state index < -0.39 is 18.0 Å². The molecule has 0 spiro atoms. The molecule has 174 valence electrons. The van der Waals surface area contributed by atoms with E-state index in [0.717, 1.165) is 13.2 Å². The predicted octanol–water partition coefficient (Wildman–Crippen LogP) is 3.68. The van der Waals surface area contributed by atoms with Gasteiger partial charge in [-0.15, -0.1) is 0 Å². The molecular formula is C24H21FN4O5. The summed E-state index contributed by atoms with van der Waals surface area (Å²) in [5.74, 6) is 1.45. The minimum Gasteiger partial charge on any atom is -0.471 e. The number of amides is 1. The van der Waals surface area contributed by atoms with E-state index >= 15 is 0 Å². The van der Waals surface area contributed by atoms with Crippen LogP contribution in [0.25, 0.3) is 11.1 Å². The van der Waals surface area contributed by atoms with Crippen LogP contribution in [0.4, 0.5) is 14.9 Å². The van der Waals surface area contributed by atoms with Crippen LogP contribution in [0.1, 0.15) is 0 Å². The molecule has 0 radical (unpaired) electrons. The number of carbonyl (C=O) groups excluding carboxylic acids is 1. The summed E-state index contributed by atoms with van der Waals surface area (Å²) in [4.78, 5) is 17.5. The zero-order valence-electron chi connectivity index (χ0n) is 18.0. The lowest BCUT2D eigenvalue weighted by molar-refractivity contribution is 0.102. The lowest BCUT2D eigenvalue weighted by Crippen LogP contribution is -2.26. The van der Waals surface area contributed by atoms with Crippen LogP contribution >= 0.6 is 0 Å². The Bertz CT molecular complexity index is 1170. The monoisotopic (exact) mass is 464 g/mol. The van der Waals surface area contributed by atoms with Crippen LogP contribution in [0.15, 0.2) is 59.6 Å². The van der Waals surface area contributed by atoms with Crippen molar-refractivity contribution in [1.82, 2.24) is 10.1 Å². The van der Waals surface area contributed by atoms with Crippen LogP contribution in [-0.2, 0) is 9.47 Å². The van der Waals surface area contributed by atoms with Crippen LogP contribution in [0.2, 0.25) is 0 Å². The highest BCUT2D eigenvalue weighted by molar-refractivity contribution is 5.90. The third-order valence-electron chi connectivity index (χ3n) is 6.04. The number of nitriles is 1. The largest absolute Gasteiger partial charge is 0.471 e. The first-order chi connectivity index (χ1) is 16.6. The number of halogens is 1. The van der Waals surface area contributed by atoms with Gasteiger partial charge < -0.3 is 18.7 Å². The second-order valence-corrected chi connectivity index (χ2v) is 8.19. The number of carbonyl (C=O) groups is 1. The van der Waals surface area contributed by atoms with Gasteiger partial charge in [0.15, 0.2) is 6.10 Å². The summed E-state index contributed by atoms with van der Waals surface area (Å²) in [5.41, 5.74) is 1.50. The molecule has 3 aliphatic rings. The van der Waals surface area contributed by atoms with E-state index in [9.17, 15) is 9.18 Å². The van der Waals surface area contributed by atoms with Crippen molar-refractivity contribution in [2.45, 2.75) is 6.10 Å². The predicted molar refractivity (Wildman–Crippen MR) is 116 cm³/mol. The highest BCUT2D eigenvalue weighted by atomic mass is 19.1. The molecule has 3 fully saturated rings. The van der Waals surface area contributed by atoms with Gasteiger partial charge in [0.2, 0.25) is 0 Å². The average Bonchev–Trinajstić information content (AvgIpc) is 3.34. The Morgan fingerprint density at radius 2 is 2.09 bits per heavy atom. The minimum atomic E-state index is -0.549. The maximum absolute atomic E-state index is 14.5. The number of ether oxygens (including phenoxy) is 3. The molecule has 9 nitrogen and oxygen atoms in total. The molecule has 6 rings (SSSR count). The number of nitrogens with zero attached hydrogens (tertiary/aromatic N) is 4. The molecule has 4 atom stereocenters. The molecule has 10 heteroatoms. The number of pyridine rings is 1. The summed E-state index contributed by atoms with van der Waals surface area (Å²) >= 11 is 0. The third kappa shape index (κ3) is 4.56. The summed E-state index contributed by atoms with van der Waals surface area (Å²) in [6, 6.07) is 11.9. The number of fused-ring (bicyclic) bond motifs is 1. The summed E-state index contributed by atoms with van der Waals surface area (Å²) in [6.07, 6.45) is 3.55. The first kappa shape index (κ1) is 21.9. The van der Waals surface area contributed by atoms with Crippen molar-refractivity contribution in [3.05, 3.63) is 60.9 Å². The number of aromatic nitrogens is 2. The van der Waals surface area contributed by atoms with E-state index in [4.69, 9.17) is 19.5 Å². The lowest BCUT2D eigenvalue weighted by atomic mass is 10.1. The standard InChI is InChI=1S/C18H14FN3O4.C6H7NO/c19-16-8-13(3-4-15(16)12-2-1-6-20-9-12)22-10-14(26-18(22)23)11-24-17-5-7-25-21-17;7-1-4-5-2-8-3-6(4)5/h1-9,14H,10-11H2;4-6H,2-3H2/t;4?,5-,6+. The van der Waals surface area contributed by atoms with Crippen LogP contribution in [0, 0.1) is 34.9 Å². The molecule has 34 heavy (non-hydrogen) atoms. The van der Waals surface area contributed by atoms with Crippen molar-refractivity contribution in [3.8, 4) is 23.1 Å². The van der Waals surface area contributed by atoms with Gasteiger partial charge in [-0.05, 0) is 29.4 Å². The molecule has 1 aromatic carbocycles. The maximum Gasteiger partial charge on any atom is 0.414 e. The fourth-order valence-corrected chi connectivity index (χ4v) is 4.13. The molecule has 2 aromatic heterocycles. The van der Waals surface area contributed by atoms with Gasteiger partial charge >= 0.3 is 6.09 Å². The number of rotatable bonds is 5. The number of hydrogen-bond donors (Lipinski definition) is 0. The molecule has 1 aliphatic carbocycles. The van der Waals surface area contributed by atoms with Gasteiger partial charge in [-0.2, -0.15) is 5.26 Å². The van der Waals surface area contributed by atoms with Gasteiger partial charge in [-0.3, -0.25) is 9.88 Å². The van der Waals surface area contributed by atoms with Gasteiger partial charge in [0.25, 0.3) is 5.88 Å². The molecule has 1 amide bonds. The van der Waals surface area contributed by atoms with Crippen molar-refractivity contribution in [1.29, 1.82) is 5.26 Å². The molecule has 1 saturated carbocycles. The Morgan fingerprint density at radius 3 is 2.74 bits per heavy atom. The van der Waals surface area contributed by atoms with Crippen LogP contribution in [0.3, 0.4) is 0 Å². The molecule has 2 aliphatic heterocycles. The Morgan fingerprint density at radius 1 is 1.24 bits per heavy atom. The van der Waals surface area contributed by atoms with E-state index in [1.54, 1.807) is 42.7 Å². The highest BCUT2D eigenvalue weighted by Gasteiger charge is 2.54. The van der Waals surface area contributed by atoms with Crippen molar-refractivity contribution in [3.63, 3.8) is 0 Å². The van der Waals surface area contributed by atoms with Crippen molar-refractivity contribution >= 4 is 11.8 Å². The molecule has 4 heterocycles. The fourth-order valence-electron chi connectivity index (χ4n) is 4.13. The van der Waals surface area contributed by atoms with E-state index in [2.05, 4.69) is 20.7 Å². The summed E-state index contributed by atoms with van der Waals surface area (Å²) in [6.45, 7) is 2.05. The zero-order chi connectivity index (χ0) is 23.5. The van der Waals surface area contributed by atoms with E-state index in [1.807, 2.05) is 0 Å². The molecule has 0 bridgehead atoms. The Kier molecular flexibility index (Phi) is 6.10. The topological polar surface area (TPSA) is 111 Å². The molecular weight excluding hydrogens is 443 g/mol. The molecule has 3 aromatic rings. The number of anilines is 1. The Balaban J connectivity index is 0.000000252. The molecule has 2 unspecified atom stereocenters. The maximum atomic E-state index is 14.5. The Hall–Kier alpha value is -3.97. The summed E-state index contributed by atoms with van der Waals surface area (Å²) in [5, 5.41) is 12.0. The normalized spacial score (nSPS) is 24.5. The van der Waals surface area contributed by atoms with Gasteiger partial charge in [0.1, 0.15) is 18.7 Å². The lowest BCUT2D eigenvalue weighted by Gasteiger charge is -2.14. The summed E-state index contributed by atoms with van der Waals surface area (Å²) < 4.78 is 34.9. The van der Waals surface area contributed by atoms with Crippen molar-refractivity contribution in [2.75, 3.05) is 31.3 Å². The second-order valence-electron chi connectivity index (χ2n) is 8.19. The van der Waals surface area contributed by atoms with Gasteiger partial charge in [-0.25, -0.2) is 9.18 Å². The van der Waals surface area contributed by atoms with Gasteiger partial charge in [0, 0.05) is 41.4 Å². The first-order valence-electron chi connectivity index (χ1n) is 10.8. The van der Waals surface area contributed by atoms with E-state index in [1.165, 1.54) is 17.2 Å². The minimum absolute atomic E-state index is 0.130. The highest BCUT2D eigenvalue weighted by Crippen LogP contribution is 2.49. The number of hydrogen-bond acceptors (Lipinski definition) is 8. The fraction of sp³-hybridized carbons (Fsp3) is 0.333. The third-order valence-corrected chi connectivity index (χ3v) is 6.04. The van der Waals surface area contributed by atoms with E-state index in [0.29, 0.717) is 40.4 Å². The zero-order valence-corrected chi connectivity index (χ0v) is 18.0. The van der Waals surface area contributed by atoms with Crippen LogP contribution in [0.5, 0.6) is 5.88 Å². The van der Waals surface area contributed by atoms with E-state index in [-0.39, 0.29) is 13.2 Å². The Labute approximate surface area is 194 Å². The van der Waals surface area contributed by atoms with Crippen LogP contribution in [-0.4, -0.2) is 48.7 Å². The number of benzene rings is 1. The number of cyclic esters (lactones) is 1. The second kappa shape index (κ2) is 9.49. The molecule has 0 N–H and O–H groups in total. The van der Waals surface area contributed by atoms with Gasteiger partial charge in [0.05, 0.1) is 37.4 Å². The molecule has 2 saturated heterocycles. The quantitative estimate of drug-likeness (QED) is 0.562.